The van der Waals surface area contributed by atoms with Crippen LogP contribution in [0.5, 0.6) is 5.88 Å². The SMILES string of the molecule is COc1cccc(-c2cccc(F)c2C2CC(=O)c3c(C)nc(N)nc3C2)n1. The molecule has 7 heteroatoms. The molecule has 0 saturated carbocycles. The van der Waals surface area contributed by atoms with Crippen molar-refractivity contribution < 1.29 is 13.9 Å². The molecular weight excluding hydrogens is 359 g/mol. The summed E-state index contributed by atoms with van der Waals surface area (Å²) in [6, 6.07) is 10.2. The van der Waals surface area contributed by atoms with Crippen molar-refractivity contribution in [2.24, 2.45) is 0 Å². The monoisotopic (exact) mass is 378 g/mol. The van der Waals surface area contributed by atoms with Gasteiger partial charge in [-0.25, -0.2) is 19.3 Å². The van der Waals surface area contributed by atoms with E-state index in [-0.39, 0.29) is 29.9 Å². The number of rotatable bonds is 3. The number of hydrogen-bond acceptors (Lipinski definition) is 6. The van der Waals surface area contributed by atoms with Crippen molar-refractivity contribution >= 4 is 11.7 Å². The first-order chi connectivity index (χ1) is 13.5. The van der Waals surface area contributed by atoms with E-state index >= 15 is 0 Å². The maximum Gasteiger partial charge on any atom is 0.220 e. The number of nitrogens with two attached hydrogens (primary N) is 1. The van der Waals surface area contributed by atoms with E-state index in [0.717, 1.165) is 0 Å². The smallest absolute Gasteiger partial charge is 0.220 e. The zero-order chi connectivity index (χ0) is 19.8. The highest BCUT2D eigenvalue weighted by atomic mass is 19.1. The van der Waals surface area contributed by atoms with Gasteiger partial charge in [-0.15, -0.1) is 0 Å². The molecule has 0 bridgehead atoms. The molecule has 0 saturated heterocycles. The molecule has 0 fully saturated rings. The molecule has 1 atom stereocenters. The number of pyridine rings is 1. The van der Waals surface area contributed by atoms with Crippen molar-refractivity contribution in [3.63, 3.8) is 0 Å². The first kappa shape index (κ1) is 18.0. The van der Waals surface area contributed by atoms with Crippen LogP contribution in [0, 0.1) is 12.7 Å². The van der Waals surface area contributed by atoms with Gasteiger partial charge in [0.2, 0.25) is 11.8 Å². The molecule has 2 N–H and O–H groups in total. The number of aromatic nitrogens is 3. The number of fused-ring (bicyclic) bond motifs is 1. The van der Waals surface area contributed by atoms with Gasteiger partial charge in [0.25, 0.3) is 0 Å². The van der Waals surface area contributed by atoms with Crippen molar-refractivity contribution in [2.45, 2.75) is 25.7 Å². The number of anilines is 1. The van der Waals surface area contributed by atoms with Gasteiger partial charge in [-0.05, 0) is 25.5 Å². The molecule has 2 heterocycles. The lowest BCUT2D eigenvalue weighted by atomic mass is 9.79. The summed E-state index contributed by atoms with van der Waals surface area (Å²) in [4.78, 5) is 25.5. The third-order valence-electron chi connectivity index (χ3n) is 5.00. The maximum absolute atomic E-state index is 14.9. The molecule has 142 valence electrons. The molecule has 3 aromatic rings. The molecule has 1 aromatic carbocycles. The summed E-state index contributed by atoms with van der Waals surface area (Å²) in [7, 11) is 1.53. The minimum atomic E-state index is -0.373. The minimum Gasteiger partial charge on any atom is -0.481 e. The van der Waals surface area contributed by atoms with Gasteiger partial charge in [0.1, 0.15) is 5.82 Å². The number of methoxy groups -OCH3 is 1. The van der Waals surface area contributed by atoms with E-state index in [4.69, 9.17) is 10.5 Å². The second-order valence-corrected chi connectivity index (χ2v) is 6.78. The van der Waals surface area contributed by atoms with E-state index in [1.807, 2.05) is 0 Å². The summed E-state index contributed by atoms with van der Waals surface area (Å²) in [6.07, 6.45) is 0.589. The van der Waals surface area contributed by atoms with Crippen LogP contribution in [-0.4, -0.2) is 27.8 Å². The summed E-state index contributed by atoms with van der Waals surface area (Å²) in [5.74, 6) is -0.279. The van der Waals surface area contributed by atoms with Gasteiger partial charge in [0, 0.05) is 29.5 Å². The molecule has 28 heavy (non-hydrogen) atoms. The molecule has 0 aliphatic heterocycles. The first-order valence-electron chi connectivity index (χ1n) is 8.94. The van der Waals surface area contributed by atoms with Crippen LogP contribution in [0.15, 0.2) is 36.4 Å². The lowest BCUT2D eigenvalue weighted by Crippen LogP contribution is -2.24. The second-order valence-electron chi connectivity index (χ2n) is 6.78. The van der Waals surface area contributed by atoms with Gasteiger partial charge in [0.05, 0.1) is 29.8 Å². The fourth-order valence-electron chi connectivity index (χ4n) is 3.86. The van der Waals surface area contributed by atoms with Crippen molar-refractivity contribution in [1.29, 1.82) is 0 Å². The van der Waals surface area contributed by atoms with E-state index in [9.17, 15) is 9.18 Å². The number of benzene rings is 1. The predicted molar refractivity (Wildman–Crippen MR) is 103 cm³/mol. The number of halogens is 1. The summed E-state index contributed by atoms with van der Waals surface area (Å²) < 4.78 is 20.1. The Kier molecular flexibility index (Phi) is 4.50. The third-order valence-corrected chi connectivity index (χ3v) is 5.00. The zero-order valence-corrected chi connectivity index (χ0v) is 15.6. The molecule has 1 aliphatic carbocycles. The van der Waals surface area contributed by atoms with Crippen LogP contribution < -0.4 is 10.5 Å². The first-order valence-corrected chi connectivity index (χ1v) is 8.94. The summed E-state index contributed by atoms with van der Waals surface area (Å²) in [5, 5.41) is 0. The Labute approximate surface area is 161 Å². The summed E-state index contributed by atoms with van der Waals surface area (Å²) in [6.45, 7) is 1.74. The molecule has 0 amide bonds. The Morgan fingerprint density at radius 3 is 2.68 bits per heavy atom. The van der Waals surface area contributed by atoms with Crippen LogP contribution in [0.2, 0.25) is 0 Å². The van der Waals surface area contributed by atoms with Gasteiger partial charge in [-0.2, -0.15) is 0 Å². The van der Waals surface area contributed by atoms with Gasteiger partial charge >= 0.3 is 0 Å². The van der Waals surface area contributed by atoms with Gasteiger partial charge in [-0.3, -0.25) is 4.79 Å². The van der Waals surface area contributed by atoms with Crippen LogP contribution >= 0.6 is 0 Å². The molecule has 1 unspecified atom stereocenters. The van der Waals surface area contributed by atoms with Crippen molar-refractivity contribution in [3.8, 4) is 17.1 Å². The predicted octanol–water partition coefficient (Wildman–Crippen LogP) is 3.49. The Morgan fingerprint density at radius 1 is 1.11 bits per heavy atom. The fraction of sp³-hybridized carbons (Fsp3) is 0.238. The average molecular weight is 378 g/mol. The number of Topliss-reactive ketones (excluding diaryl/α,β-unsaturated/α-hetero) is 1. The zero-order valence-electron chi connectivity index (χ0n) is 15.6. The number of carbonyl (C=O) groups is 1. The number of ether oxygens (including phenoxy) is 1. The van der Waals surface area contributed by atoms with Crippen molar-refractivity contribution in [2.75, 3.05) is 12.8 Å². The molecule has 0 radical (unpaired) electrons. The maximum atomic E-state index is 14.9. The number of nitrogens with zero attached hydrogens (tertiary/aromatic N) is 3. The molecule has 0 spiro atoms. The average Bonchev–Trinajstić information content (AvgIpc) is 2.66. The van der Waals surface area contributed by atoms with Gasteiger partial charge < -0.3 is 10.5 Å². The summed E-state index contributed by atoms with van der Waals surface area (Å²) in [5.41, 5.74) is 9.08. The van der Waals surface area contributed by atoms with Crippen LogP contribution in [0.4, 0.5) is 10.3 Å². The second kappa shape index (κ2) is 6.99. The van der Waals surface area contributed by atoms with Gasteiger partial charge in [0.15, 0.2) is 5.78 Å². The van der Waals surface area contributed by atoms with Crippen molar-refractivity contribution in [1.82, 2.24) is 15.0 Å². The van der Waals surface area contributed by atoms with E-state index in [1.165, 1.54) is 13.2 Å². The Balaban J connectivity index is 1.83. The van der Waals surface area contributed by atoms with Crippen LogP contribution in [0.25, 0.3) is 11.3 Å². The largest absolute Gasteiger partial charge is 0.481 e. The van der Waals surface area contributed by atoms with Crippen LogP contribution in [-0.2, 0) is 6.42 Å². The molecule has 4 rings (SSSR count). The highest BCUT2D eigenvalue weighted by molar-refractivity contribution is 6.00. The Bertz CT molecular complexity index is 1080. The van der Waals surface area contributed by atoms with Crippen LogP contribution in [0.3, 0.4) is 0 Å². The number of hydrogen-bond donors (Lipinski definition) is 1. The number of aryl methyl sites for hydroxylation is 1. The Morgan fingerprint density at radius 2 is 1.89 bits per heavy atom. The normalized spacial score (nSPS) is 16.0. The standard InChI is InChI=1S/C21H19FN4O2/c1-11-19-16(26-21(23)24-11)9-12(10-17(19)27)20-13(5-3-6-14(20)22)15-7-4-8-18(25-15)28-2/h3-8,12H,9-10H2,1-2H3,(H2,23,24,26). The van der Waals surface area contributed by atoms with E-state index in [1.54, 1.807) is 37.3 Å². The highest BCUT2D eigenvalue weighted by Gasteiger charge is 2.32. The molecular formula is C21H19FN4O2. The Hall–Kier alpha value is -3.35. The lowest BCUT2D eigenvalue weighted by molar-refractivity contribution is 0.0961. The fourth-order valence-corrected chi connectivity index (χ4v) is 3.86. The topological polar surface area (TPSA) is 91.0 Å². The van der Waals surface area contributed by atoms with E-state index in [2.05, 4.69) is 15.0 Å². The molecule has 6 nitrogen and oxygen atoms in total. The molecule has 1 aliphatic rings. The lowest BCUT2D eigenvalue weighted by Gasteiger charge is -2.26. The number of carbonyl (C=O) groups excluding carboxylic acids is 1. The third kappa shape index (κ3) is 3.09. The van der Waals surface area contributed by atoms with Crippen LogP contribution in [0.1, 0.15) is 39.6 Å². The minimum absolute atomic E-state index is 0.100. The molecule has 2 aromatic heterocycles. The number of ketones is 1. The number of nitrogen functional groups attached to an aromatic ring is 1. The van der Waals surface area contributed by atoms with Gasteiger partial charge in [-0.1, -0.05) is 18.2 Å². The van der Waals surface area contributed by atoms with E-state index < -0.39 is 0 Å². The quantitative estimate of drug-likeness (QED) is 0.750. The van der Waals surface area contributed by atoms with E-state index in [0.29, 0.717) is 46.1 Å². The highest BCUT2D eigenvalue weighted by Crippen LogP contribution is 2.39. The van der Waals surface area contributed by atoms with Crippen molar-refractivity contribution in [3.05, 3.63) is 64.7 Å². The summed E-state index contributed by atoms with van der Waals surface area (Å²) >= 11 is 0.